The number of anilines is 2. The maximum absolute atomic E-state index is 12.3. The molecule has 4 aromatic rings. The van der Waals surface area contributed by atoms with E-state index in [9.17, 15) is 4.79 Å². The zero-order chi connectivity index (χ0) is 18.6. The SMILES string of the molecule is Cc1nnnn1-c1cccc(NCC(=O)Nc2ccc3ccccc3c2)c1. The number of rotatable bonds is 5. The molecular weight excluding hydrogens is 340 g/mol. The molecule has 2 N–H and O–H groups in total. The summed E-state index contributed by atoms with van der Waals surface area (Å²) in [5, 5.41) is 19.8. The van der Waals surface area contributed by atoms with Crippen molar-refractivity contribution in [1.82, 2.24) is 20.2 Å². The normalized spacial score (nSPS) is 10.7. The second kappa shape index (κ2) is 7.25. The first kappa shape index (κ1) is 16.7. The fourth-order valence-corrected chi connectivity index (χ4v) is 2.87. The van der Waals surface area contributed by atoms with E-state index in [2.05, 4.69) is 26.2 Å². The van der Waals surface area contributed by atoms with Crippen LogP contribution in [0, 0.1) is 6.92 Å². The van der Waals surface area contributed by atoms with Gasteiger partial charge in [-0.1, -0.05) is 36.4 Å². The van der Waals surface area contributed by atoms with Crippen molar-refractivity contribution < 1.29 is 4.79 Å². The van der Waals surface area contributed by atoms with Crippen molar-refractivity contribution in [3.05, 3.63) is 72.6 Å². The Morgan fingerprint density at radius 2 is 1.81 bits per heavy atom. The molecule has 0 unspecified atom stereocenters. The molecule has 0 aliphatic rings. The van der Waals surface area contributed by atoms with Gasteiger partial charge in [-0.05, 0) is 58.5 Å². The largest absolute Gasteiger partial charge is 0.376 e. The van der Waals surface area contributed by atoms with Gasteiger partial charge in [0.2, 0.25) is 5.91 Å². The van der Waals surface area contributed by atoms with E-state index in [0.29, 0.717) is 5.82 Å². The van der Waals surface area contributed by atoms with Gasteiger partial charge in [0.25, 0.3) is 0 Å². The molecule has 0 saturated carbocycles. The number of carbonyl (C=O) groups is 1. The number of hydrogen-bond acceptors (Lipinski definition) is 5. The van der Waals surface area contributed by atoms with Crippen LogP contribution in [-0.2, 0) is 4.79 Å². The van der Waals surface area contributed by atoms with Gasteiger partial charge in [-0.25, -0.2) is 0 Å². The Morgan fingerprint density at radius 3 is 2.63 bits per heavy atom. The van der Waals surface area contributed by atoms with Crippen LogP contribution in [0.2, 0.25) is 0 Å². The number of tetrazole rings is 1. The van der Waals surface area contributed by atoms with Crippen LogP contribution in [0.1, 0.15) is 5.82 Å². The van der Waals surface area contributed by atoms with E-state index in [1.807, 2.05) is 73.7 Å². The highest BCUT2D eigenvalue weighted by Crippen LogP contribution is 2.19. The Labute approximate surface area is 156 Å². The summed E-state index contributed by atoms with van der Waals surface area (Å²) >= 11 is 0. The molecule has 1 heterocycles. The standard InChI is InChI=1S/C20H18N6O/c1-14-23-24-25-26(14)19-8-4-7-17(12-19)21-13-20(27)22-18-10-9-15-5-2-3-6-16(15)11-18/h2-12,21H,13H2,1H3,(H,22,27). The number of benzene rings is 3. The highest BCUT2D eigenvalue weighted by atomic mass is 16.1. The molecule has 27 heavy (non-hydrogen) atoms. The molecular formula is C20H18N6O. The van der Waals surface area contributed by atoms with Crippen LogP contribution in [0.4, 0.5) is 11.4 Å². The predicted molar refractivity (Wildman–Crippen MR) is 105 cm³/mol. The third-order valence-corrected chi connectivity index (χ3v) is 4.20. The number of fused-ring (bicyclic) bond motifs is 1. The fourth-order valence-electron chi connectivity index (χ4n) is 2.87. The van der Waals surface area contributed by atoms with Crippen molar-refractivity contribution in [3.63, 3.8) is 0 Å². The van der Waals surface area contributed by atoms with Gasteiger partial charge in [-0.2, -0.15) is 4.68 Å². The molecule has 1 amide bonds. The van der Waals surface area contributed by atoms with Crippen molar-refractivity contribution >= 4 is 28.1 Å². The monoisotopic (exact) mass is 358 g/mol. The summed E-state index contributed by atoms with van der Waals surface area (Å²) in [6.07, 6.45) is 0. The van der Waals surface area contributed by atoms with Gasteiger partial charge in [0.1, 0.15) is 0 Å². The molecule has 4 rings (SSSR count). The molecule has 7 nitrogen and oxygen atoms in total. The molecule has 0 saturated heterocycles. The van der Waals surface area contributed by atoms with Crippen LogP contribution in [-0.4, -0.2) is 32.7 Å². The lowest BCUT2D eigenvalue weighted by Gasteiger charge is -2.10. The fraction of sp³-hybridized carbons (Fsp3) is 0.100. The van der Waals surface area contributed by atoms with E-state index < -0.39 is 0 Å². The molecule has 0 bridgehead atoms. The Balaban J connectivity index is 1.41. The Hall–Kier alpha value is -3.74. The van der Waals surface area contributed by atoms with Gasteiger partial charge in [0.15, 0.2) is 5.82 Å². The third kappa shape index (κ3) is 3.77. The Kier molecular flexibility index (Phi) is 4.49. The van der Waals surface area contributed by atoms with Crippen molar-refractivity contribution in [3.8, 4) is 5.69 Å². The van der Waals surface area contributed by atoms with Gasteiger partial charge in [0.05, 0.1) is 12.2 Å². The average Bonchev–Trinajstić information content (AvgIpc) is 3.12. The molecule has 0 aliphatic carbocycles. The van der Waals surface area contributed by atoms with Gasteiger partial charge in [-0.3, -0.25) is 4.79 Å². The van der Waals surface area contributed by atoms with Crippen molar-refractivity contribution in [2.45, 2.75) is 6.92 Å². The maximum Gasteiger partial charge on any atom is 0.243 e. The molecule has 0 aliphatic heterocycles. The Bertz CT molecular complexity index is 1100. The lowest BCUT2D eigenvalue weighted by molar-refractivity contribution is -0.114. The molecule has 0 atom stereocenters. The predicted octanol–water partition coefficient (Wildman–Crippen LogP) is 3.17. The molecule has 0 spiro atoms. The number of nitrogens with zero attached hydrogens (tertiary/aromatic N) is 4. The van der Waals surface area contributed by atoms with Crippen LogP contribution in [0.5, 0.6) is 0 Å². The van der Waals surface area contributed by atoms with Crippen LogP contribution >= 0.6 is 0 Å². The number of nitrogens with one attached hydrogen (secondary N) is 2. The summed E-state index contributed by atoms with van der Waals surface area (Å²) in [7, 11) is 0. The van der Waals surface area contributed by atoms with Gasteiger partial charge < -0.3 is 10.6 Å². The highest BCUT2D eigenvalue weighted by molar-refractivity contribution is 5.96. The zero-order valence-corrected chi connectivity index (χ0v) is 14.8. The van der Waals surface area contributed by atoms with Crippen LogP contribution in [0.15, 0.2) is 66.7 Å². The van der Waals surface area contributed by atoms with E-state index in [4.69, 9.17) is 0 Å². The van der Waals surface area contributed by atoms with Crippen LogP contribution < -0.4 is 10.6 Å². The highest BCUT2D eigenvalue weighted by Gasteiger charge is 2.06. The average molecular weight is 358 g/mol. The van der Waals surface area contributed by atoms with E-state index in [0.717, 1.165) is 27.8 Å². The number of aryl methyl sites for hydroxylation is 1. The third-order valence-electron chi connectivity index (χ3n) is 4.20. The van der Waals surface area contributed by atoms with Gasteiger partial charge in [0, 0.05) is 11.4 Å². The molecule has 134 valence electrons. The van der Waals surface area contributed by atoms with Crippen LogP contribution in [0.3, 0.4) is 0 Å². The van der Waals surface area contributed by atoms with Crippen LogP contribution in [0.25, 0.3) is 16.5 Å². The minimum absolute atomic E-state index is 0.116. The summed E-state index contributed by atoms with van der Waals surface area (Å²) < 4.78 is 1.64. The minimum Gasteiger partial charge on any atom is -0.376 e. The minimum atomic E-state index is -0.116. The molecule has 0 fully saturated rings. The van der Waals surface area contributed by atoms with Crippen molar-refractivity contribution in [2.75, 3.05) is 17.2 Å². The van der Waals surface area contributed by atoms with E-state index in [1.54, 1.807) is 4.68 Å². The summed E-state index contributed by atoms with van der Waals surface area (Å²) in [5.41, 5.74) is 2.42. The van der Waals surface area contributed by atoms with Crippen molar-refractivity contribution in [1.29, 1.82) is 0 Å². The van der Waals surface area contributed by atoms with Gasteiger partial charge >= 0.3 is 0 Å². The molecule has 1 aromatic heterocycles. The quantitative estimate of drug-likeness (QED) is 0.572. The van der Waals surface area contributed by atoms with Crippen molar-refractivity contribution in [2.24, 2.45) is 0 Å². The summed E-state index contributed by atoms with van der Waals surface area (Å²) in [5.74, 6) is 0.579. The van der Waals surface area contributed by atoms with E-state index in [-0.39, 0.29) is 12.5 Å². The first-order chi connectivity index (χ1) is 13.2. The number of carbonyl (C=O) groups excluding carboxylic acids is 1. The topological polar surface area (TPSA) is 84.7 Å². The Morgan fingerprint density at radius 1 is 0.963 bits per heavy atom. The smallest absolute Gasteiger partial charge is 0.243 e. The second-order valence-corrected chi connectivity index (χ2v) is 6.15. The molecule has 7 heteroatoms. The second-order valence-electron chi connectivity index (χ2n) is 6.15. The van der Waals surface area contributed by atoms with E-state index in [1.165, 1.54) is 0 Å². The summed E-state index contributed by atoms with van der Waals surface area (Å²) in [4.78, 5) is 12.3. The number of amides is 1. The maximum atomic E-state index is 12.3. The van der Waals surface area contributed by atoms with E-state index >= 15 is 0 Å². The molecule has 3 aromatic carbocycles. The number of hydrogen-bond donors (Lipinski definition) is 2. The molecule has 0 radical (unpaired) electrons. The lowest BCUT2D eigenvalue weighted by atomic mass is 10.1. The summed E-state index contributed by atoms with van der Waals surface area (Å²) in [6, 6.07) is 21.5. The lowest BCUT2D eigenvalue weighted by Crippen LogP contribution is -2.21. The first-order valence-electron chi connectivity index (χ1n) is 8.57. The summed E-state index contributed by atoms with van der Waals surface area (Å²) in [6.45, 7) is 1.99. The zero-order valence-electron chi connectivity index (χ0n) is 14.8. The first-order valence-corrected chi connectivity index (χ1v) is 8.57. The number of aromatic nitrogens is 4. The van der Waals surface area contributed by atoms with Gasteiger partial charge in [-0.15, -0.1) is 5.10 Å².